The van der Waals surface area contributed by atoms with Crippen LogP contribution < -0.4 is 0 Å². The second-order valence-electron chi connectivity index (χ2n) is 1.93. The molecule has 0 radical (unpaired) electrons. The highest BCUT2D eigenvalue weighted by atomic mass is 35.5. The molecule has 0 amide bonds. The molecule has 0 atom stereocenters. The number of pyridine rings is 1. The number of aromatic nitrogens is 1. The van der Waals surface area contributed by atoms with Gasteiger partial charge in [0.05, 0.1) is 5.56 Å². The molecule has 1 aromatic rings. The van der Waals surface area contributed by atoms with Crippen LogP contribution in [-0.2, 0) is 0 Å². The molecule has 0 saturated heterocycles. The molecule has 0 aliphatic heterocycles. The third kappa shape index (κ3) is 1.50. The van der Waals surface area contributed by atoms with Crippen LogP contribution in [0.15, 0.2) is 6.20 Å². The first-order chi connectivity index (χ1) is 5.54. The maximum Gasteiger partial charge on any atom is 0.268 e. The highest BCUT2D eigenvalue weighted by Crippen LogP contribution is 2.26. The maximum absolute atomic E-state index is 12.6. The Labute approximate surface area is 70.0 Å². The van der Waals surface area contributed by atoms with Crippen LogP contribution in [0.1, 0.15) is 12.0 Å². The summed E-state index contributed by atoms with van der Waals surface area (Å²) in [6, 6.07) is 0. The Morgan fingerprint density at radius 2 is 1.92 bits per heavy atom. The van der Waals surface area contributed by atoms with Gasteiger partial charge in [0, 0.05) is 6.20 Å². The van der Waals surface area contributed by atoms with E-state index in [1.807, 2.05) is 0 Å². The molecule has 1 rings (SSSR count). The molecule has 0 aromatic carbocycles. The fourth-order valence-corrected chi connectivity index (χ4v) is 0.767. The van der Waals surface area contributed by atoms with Crippen molar-refractivity contribution in [3.05, 3.63) is 28.5 Å². The summed E-state index contributed by atoms with van der Waals surface area (Å²) in [5, 5.41) is -1.01. The predicted molar refractivity (Wildman–Crippen MR) is 34.1 cm³/mol. The van der Waals surface area contributed by atoms with E-state index in [0.717, 1.165) is 0 Å². The van der Waals surface area contributed by atoms with Crippen molar-refractivity contribution < 1.29 is 17.6 Å². The smallest absolute Gasteiger partial charge is 0.226 e. The van der Waals surface area contributed by atoms with Crippen LogP contribution in [0.5, 0.6) is 0 Å². The number of rotatable bonds is 1. The highest BCUT2D eigenvalue weighted by molar-refractivity contribution is 6.30. The van der Waals surface area contributed by atoms with Crippen LogP contribution in [0, 0.1) is 11.8 Å². The van der Waals surface area contributed by atoms with E-state index in [1.54, 1.807) is 0 Å². The van der Waals surface area contributed by atoms with Crippen molar-refractivity contribution in [3.8, 4) is 0 Å². The van der Waals surface area contributed by atoms with Gasteiger partial charge in [0.25, 0.3) is 6.43 Å². The van der Waals surface area contributed by atoms with Gasteiger partial charge < -0.3 is 0 Å². The van der Waals surface area contributed by atoms with Crippen molar-refractivity contribution in [3.63, 3.8) is 0 Å². The van der Waals surface area contributed by atoms with Gasteiger partial charge in [-0.05, 0) is 0 Å². The van der Waals surface area contributed by atoms with Crippen molar-refractivity contribution in [1.29, 1.82) is 0 Å². The van der Waals surface area contributed by atoms with Gasteiger partial charge in [-0.1, -0.05) is 11.6 Å². The summed E-state index contributed by atoms with van der Waals surface area (Å²) in [6.45, 7) is 0. The molecule has 1 heterocycles. The lowest BCUT2D eigenvalue weighted by molar-refractivity contribution is 0.145. The zero-order valence-corrected chi connectivity index (χ0v) is 6.25. The van der Waals surface area contributed by atoms with E-state index in [0.29, 0.717) is 6.20 Å². The number of hydrogen-bond donors (Lipinski definition) is 0. The molecular weight excluding hydrogens is 198 g/mol. The summed E-state index contributed by atoms with van der Waals surface area (Å²) in [4.78, 5) is 2.84. The molecule has 66 valence electrons. The molecule has 0 aliphatic carbocycles. The molecule has 0 saturated carbocycles. The van der Waals surface area contributed by atoms with Crippen LogP contribution in [0.3, 0.4) is 0 Å². The molecule has 0 aliphatic rings. The molecule has 0 unspecified atom stereocenters. The summed E-state index contributed by atoms with van der Waals surface area (Å²) >= 11 is 4.98. The number of alkyl halides is 2. The minimum atomic E-state index is -3.05. The molecule has 1 nitrogen and oxygen atoms in total. The Balaban J connectivity index is 3.27. The Bertz CT molecular complexity index is 302. The summed E-state index contributed by atoms with van der Waals surface area (Å²) in [6.07, 6.45) is -2.63. The van der Waals surface area contributed by atoms with Crippen molar-refractivity contribution >= 4 is 11.6 Å². The van der Waals surface area contributed by atoms with Crippen LogP contribution in [0.4, 0.5) is 17.6 Å². The average molecular weight is 200 g/mol. The number of nitrogens with zero attached hydrogens (tertiary/aromatic N) is 1. The van der Waals surface area contributed by atoms with E-state index < -0.39 is 28.8 Å². The molecule has 0 bridgehead atoms. The standard InChI is InChI=1S/C6H2ClF4N/c7-3-4(8)2(5(9)10)1-12-6(3)11/h1,5H. The molecular formula is C6H2ClF4N. The van der Waals surface area contributed by atoms with Crippen LogP contribution in [-0.4, -0.2) is 4.98 Å². The third-order valence-electron chi connectivity index (χ3n) is 1.18. The van der Waals surface area contributed by atoms with Crippen LogP contribution in [0.25, 0.3) is 0 Å². The first kappa shape index (κ1) is 9.25. The molecule has 0 fully saturated rings. The maximum atomic E-state index is 12.6. The van der Waals surface area contributed by atoms with E-state index in [2.05, 4.69) is 4.98 Å². The lowest BCUT2D eigenvalue weighted by Crippen LogP contribution is -1.96. The molecule has 0 spiro atoms. The Morgan fingerprint density at radius 3 is 2.42 bits per heavy atom. The summed E-state index contributed by atoms with van der Waals surface area (Å²) in [5.74, 6) is -2.75. The van der Waals surface area contributed by atoms with Crippen molar-refractivity contribution in [2.45, 2.75) is 6.43 Å². The molecule has 1 aromatic heterocycles. The fraction of sp³-hybridized carbons (Fsp3) is 0.167. The van der Waals surface area contributed by atoms with Gasteiger partial charge in [0.1, 0.15) is 5.02 Å². The predicted octanol–water partition coefficient (Wildman–Crippen LogP) is 2.95. The molecule has 6 heteroatoms. The van der Waals surface area contributed by atoms with Crippen molar-refractivity contribution in [1.82, 2.24) is 4.98 Å². The van der Waals surface area contributed by atoms with Crippen LogP contribution in [0.2, 0.25) is 5.02 Å². The van der Waals surface area contributed by atoms with Gasteiger partial charge in [-0.2, -0.15) is 4.39 Å². The first-order valence-electron chi connectivity index (χ1n) is 2.81. The second kappa shape index (κ2) is 3.26. The zero-order valence-electron chi connectivity index (χ0n) is 5.49. The molecule has 12 heavy (non-hydrogen) atoms. The summed E-state index contributed by atoms with van der Waals surface area (Å²) < 4.78 is 48.7. The van der Waals surface area contributed by atoms with E-state index in [9.17, 15) is 17.6 Å². The monoisotopic (exact) mass is 199 g/mol. The van der Waals surface area contributed by atoms with Gasteiger partial charge in [-0.25, -0.2) is 18.2 Å². The summed E-state index contributed by atoms with van der Waals surface area (Å²) in [7, 11) is 0. The SMILES string of the molecule is Fc1ncc(C(F)F)c(F)c1Cl. The quantitative estimate of drug-likeness (QED) is 0.501. The van der Waals surface area contributed by atoms with E-state index >= 15 is 0 Å². The number of hydrogen-bond acceptors (Lipinski definition) is 1. The lowest BCUT2D eigenvalue weighted by Gasteiger charge is -2.01. The second-order valence-corrected chi connectivity index (χ2v) is 2.31. The average Bonchev–Trinajstić information content (AvgIpc) is 2.00. The minimum Gasteiger partial charge on any atom is -0.226 e. The first-order valence-corrected chi connectivity index (χ1v) is 3.19. The topological polar surface area (TPSA) is 12.9 Å². The van der Waals surface area contributed by atoms with Gasteiger partial charge >= 0.3 is 0 Å². The fourth-order valence-electron chi connectivity index (χ4n) is 0.609. The Hall–Kier alpha value is -0.840. The summed E-state index contributed by atoms with van der Waals surface area (Å²) in [5.41, 5.74) is -0.999. The van der Waals surface area contributed by atoms with Gasteiger partial charge in [-0.15, -0.1) is 0 Å². The van der Waals surface area contributed by atoms with Gasteiger partial charge in [0.15, 0.2) is 5.82 Å². The number of halogens is 5. The van der Waals surface area contributed by atoms with Gasteiger partial charge in [0.2, 0.25) is 5.95 Å². The Kier molecular flexibility index (Phi) is 2.52. The van der Waals surface area contributed by atoms with E-state index in [4.69, 9.17) is 11.6 Å². The Morgan fingerprint density at radius 1 is 1.33 bits per heavy atom. The van der Waals surface area contributed by atoms with E-state index in [1.165, 1.54) is 0 Å². The highest BCUT2D eigenvalue weighted by Gasteiger charge is 2.19. The lowest BCUT2D eigenvalue weighted by atomic mass is 10.3. The normalized spacial score (nSPS) is 10.8. The largest absolute Gasteiger partial charge is 0.268 e. The van der Waals surface area contributed by atoms with Crippen LogP contribution >= 0.6 is 11.6 Å². The zero-order chi connectivity index (χ0) is 9.30. The molecule has 0 N–H and O–H groups in total. The third-order valence-corrected chi connectivity index (χ3v) is 1.50. The minimum absolute atomic E-state index is 0.418. The van der Waals surface area contributed by atoms with Crippen molar-refractivity contribution in [2.24, 2.45) is 0 Å². The van der Waals surface area contributed by atoms with Crippen molar-refractivity contribution in [2.75, 3.05) is 0 Å². The van der Waals surface area contributed by atoms with Gasteiger partial charge in [-0.3, -0.25) is 0 Å². The van der Waals surface area contributed by atoms with E-state index in [-0.39, 0.29) is 0 Å².